The van der Waals surface area contributed by atoms with Crippen LogP contribution < -0.4 is 10.1 Å². The van der Waals surface area contributed by atoms with Crippen molar-refractivity contribution >= 4 is 5.96 Å². The smallest absolute Gasteiger partial charge is 0.405 e. The van der Waals surface area contributed by atoms with Crippen molar-refractivity contribution in [1.29, 1.82) is 0 Å². The number of benzene rings is 1. The van der Waals surface area contributed by atoms with Gasteiger partial charge in [0.05, 0.1) is 13.2 Å². The minimum Gasteiger partial charge on any atom is -0.405 e. The molecule has 27 heavy (non-hydrogen) atoms. The molecule has 2 aliphatic rings. The molecule has 2 saturated heterocycles. The number of para-hydroxylation sites is 1. The van der Waals surface area contributed by atoms with Gasteiger partial charge in [-0.25, -0.2) is 0 Å². The average molecular weight is 386 g/mol. The molecule has 1 N–H and O–H groups in total. The lowest BCUT2D eigenvalue weighted by Crippen LogP contribution is -2.46. The Hall–Kier alpha value is -2.00. The highest BCUT2D eigenvalue weighted by Crippen LogP contribution is 2.26. The van der Waals surface area contributed by atoms with Crippen LogP contribution in [0.5, 0.6) is 5.75 Å². The molecule has 2 heterocycles. The Morgan fingerprint density at radius 3 is 2.70 bits per heavy atom. The Labute approximate surface area is 156 Å². The van der Waals surface area contributed by atoms with E-state index < -0.39 is 6.36 Å². The number of likely N-dealkylation sites (tertiary alicyclic amines) is 1. The molecule has 150 valence electrons. The number of alkyl halides is 3. The van der Waals surface area contributed by atoms with E-state index in [4.69, 9.17) is 4.74 Å². The van der Waals surface area contributed by atoms with E-state index in [2.05, 4.69) is 24.8 Å². The molecule has 2 fully saturated rings. The van der Waals surface area contributed by atoms with E-state index in [0.717, 1.165) is 45.8 Å². The number of hydrogen-bond acceptors (Lipinski definition) is 4. The van der Waals surface area contributed by atoms with Crippen LogP contribution in [0.25, 0.3) is 0 Å². The van der Waals surface area contributed by atoms with Crippen LogP contribution in [0.3, 0.4) is 0 Å². The van der Waals surface area contributed by atoms with Crippen LogP contribution in [0.4, 0.5) is 13.2 Å². The number of morpholine rings is 1. The predicted octanol–water partition coefficient (Wildman–Crippen LogP) is 2.07. The minimum atomic E-state index is -4.71. The van der Waals surface area contributed by atoms with Crippen LogP contribution in [0.1, 0.15) is 12.0 Å². The van der Waals surface area contributed by atoms with Gasteiger partial charge in [0.2, 0.25) is 0 Å². The Morgan fingerprint density at radius 1 is 1.26 bits per heavy atom. The molecule has 9 heteroatoms. The van der Waals surface area contributed by atoms with Gasteiger partial charge in [0, 0.05) is 51.4 Å². The highest BCUT2D eigenvalue weighted by Gasteiger charge is 2.32. The Kier molecular flexibility index (Phi) is 6.43. The fourth-order valence-electron chi connectivity index (χ4n) is 3.56. The number of rotatable bonds is 4. The maximum Gasteiger partial charge on any atom is 0.573 e. The van der Waals surface area contributed by atoms with E-state index in [1.54, 1.807) is 19.2 Å². The molecule has 0 amide bonds. The standard InChI is InChI=1S/C18H25F3N4O2/c1-22-17(25-7-6-15(13-25)24-8-10-26-11-9-24)23-12-14-4-2-3-5-16(14)27-18(19,20)21/h2-5,15H,6-13H2,1H3,(H,22,23). The van der Waals surface area contributed by atoms with Crippen LogP contribution in [0.2, 0.25) is 0 Å². The average Bonchev–Trinajstić information content (AvgIpc) is 3.13. The summed E-state index contributed by atoms with van der Waals surface area (Å²) in [6.45, 7) is 5.32. The molecule has 2 aliphatic heterocycles. The molecule has 0 radical (unpaired) electrons. The molecule has 0 spiro atoms. The van der Waals surface area contributed by atoms with Gasteiger partial charge < -0.3 is 19.7 Å². The number of guanidine groups is 1. The number of nitrogens with zero attached hydrogens (tertiary/aromatic N) is 3. The van der Waals surface area contributed by atoms with E-state index in [1.165, 1.54) is 12.1 Å². The number of aliphatic imine (C=N–C) groups is 1. The van der Waals surface area contributed by atoms with Gasteiger partial charge >= 0.3 is 6.36 Å². The Bertz CT molecular complexity index is 648. The summed E-state index contributed by atoms with van der Waals surface area (Å²) in [6.07, 6.45) is -3.67. The van der Waals surface area contributed by atoms with Crippen LogP contribution in [0, 0.1) is 0 Å². The normalized spacial score (nSPS) is 22.1. The molecule has 0 aromatic heterocycles. The van der Waals surface area contributed by atoms with Crippen molar-refractivity contribution < 1.29 is 22.6 Å². The van der Waals surface area contributed by atoms with Crippen molar-refractivity contribution in [2.75, 3.05) is 46.4 Å². The zero-order valence-corrected chi connectivity index (χ0v) is 15.3. The maximum atomic E-state index is 12.6. The molecule has 0 bridgehead atoms. The second-order valence-corrected chi connectivity index (χ2v) is 6.59. The van der Waals surface area contributed by atoms with Crippen LogP contribution in [-0.4, -0.2) is 74.6 Å². The first-order valence-corrected chi connectivity index (χ1v) is 9.07. The number of halogens is 3. The lowest BCUT2D eigenvalue weighted by molar-refractivity contribution is -0.274. The monoisotopic (exact) mass is 386 g/mol. The summed E-state index contributed by atoms with van der Waals surface area (Å²) >= 11 is 0. The molecule has 1 atom stereocenters. The Morgan fingerprint density at radius 2 is 2.00 bits per heavy atom. The zero-order valence-electron chi connectivity index (χ0n) is 15.3. The fourth-order valence-corrected chi connectivity index (χ4v) is 3.56. The molecular formula is C18H25F3N4O2. The molecule has 1 aromatic rings. The third-order valence-corrected chi connectivity index (χ3v) is 4.87. The first kappa shape index (κ1) is 19.8. The molecule has 0 aliphatic carbocycles. The van der Waals surface area contributed by atoms with Gasteiger partial charge in [-0.2, -0.15) is 0 Å². The van der Waals surface area contributed by atoms with Gasteiger partial charge in [0.1, 0.15) is 5.75 Å². The lowest BCUT2D eigenvalue weighted by atomic mass is 10.2. The third-order valence-electron chi connectivity index (χ3n) is 4.87. The first-order valence-electron chi connectivity index (χ1n) is 9.07. The molecule has 0 saturated carbocycles. The highest BCUT2D eigenvalue weighted by atomic mass is 19.4. The van der Waals surface area contributed by atoms with Gasteiger partial charge in [-0.1, -0.05) is 18.2 Å². The van der Waals surface area contributed by atoms with Crippen LogP contribution >= 0.6 is 0 Å². The molecule has 6 nitrogen and oxygen atoms in total. The van der Waals surface area contributed by atoms with Crippen molar-refractivity contribution in [1.82, 2.24) is 15.1 Å². The van der Waals surface area contributed by atoms with Crippen LogP contribution in [0.15, 0.2) is 29.3 Å². The summed E-state index contributed by atoms with van der Waals surface area (Å²) in [6, 6.07) is 6.59. The van der Waals surface area contributed by atoms with Gasteiger partial charge in [-0.3, -0.25) is 9.89 Å². The summed E-state index contributed by atoms with van der Waals surface area (Å²) in [5.74, 6) is 0.494. The van der Waals surface area contributed by atoms with Crippen molar-refractivity contribution in [2.45, 2.75) is 25.4 Å². The molecule has 1 aromatic carbocycles. The largest absolute Gasteiger partial charge is 0.573 e. The van der Waals surface area contributed by atoms with Crippen molar-refractivity contribution in [2.24, 2.45) is 4.99 Å². The SMILES string of the molecule is CN=C(NCc1ccccc1OC(F)(F)F)N1CCC(N2CCOCC2)C1. The summed E-state index contributed by atoms with van der Waals surface area (Å²) in [5, 5.41) is 3.16. The summed E-state index contributed by atoms with van der Waals surface area (Å²) in [5.41, 5.74) is 0.430. The van der Waals surface area contributed by atoms with Gasteiger partial charge in [-0.15, -0.1) is 13.2 Å². The number of ether oxygens (including phenoxy) is 2. The van der Waals surface area contributed by atoms with Crippen molar-refractivity contribution in [3.8, 4) is 5.75 Å². The van der Waals surface area contributed by atoms with E-state index >= 15 is 0 Å². The predicted molar refractivity (Wildman–Crippen MR) is 95.7 cm³/mol. The first-order chi connectivity index (χ1) is 13.0. The van der Waals surface area contributed by atoms with Gasteiger partial charge in [0.15, 0.2) is 5.96 Å². The highest BCUT2D eigenvalue weighted by molar-refractivity contribution is 5.80. The quantitative estimate of drug-likeness (QED) is 0.634. The summed E-state index contributed by atoms with van der Waals surface area (Å²) in [4.78, 5) is 8.87. The molecular weight excluding hydrogens is 361 g/mol. The van der Waals surface area contributed by atoms with Gasteiger partial charge in [0.25, 0.3) is 0 Å². The van der Waals surface area contributed by atoms with E-state index in [-0.39, 0.29) is 12.3 Å². The number of hydrogen-bond donors (Lipinski definition) is 1. The zero-order chi connectivity index (χ0) is 19.3. The maximum absolute atomic E-state index is 12.6. The van der Waals surface area contributed by atoms with Crippen LogP contribution in [-0.2, 0) is 11.3 Å². The topological polar surface area (TPSA) is 49.3 Å². The fraction of sp³-hybridized carbons (Fsp3) is 0.611. The third kappa shape index (κ3) is 5.49. The second kappa shape index (κ2) is 8.79. The summed E-state index contributed by atoms with van der Waals surface area (Å²) in [7, 11) is 1.68. The van der Waals surface area contributed by atoms with E-state index in [0.29, 0.717) is 17.6 Å². The molecule has 3 rings (SSSR count). The second-order valence-electron chi connectivity index (χ2n) is 6.59. The number of nitrogens with one attached hydrogen (secondary N) is 1. The minimum absolute atomic E-state index is 0.194. The Balaban J connectivity index is 1.57. The van der Waals surface area contributed by atoms with Crippen molar-refractivity contribution in [3.63, 3.8) is 0 Å². The van der Waals surface area contributed by atoms with Gasteiger partial charge in [-0.05, 0) is 12.5 Å². The summed E-state index contributed by atoms with van der Waals surface area (Å²) < 4.78 is 47.2. The molecule has 1 unspecified atom stereocenters. The van der Waals surface area contributed by atoms with E-state index in [1.807, 2.05) is 0 Å². The van der Waals surface area contributed by atoms with E-state index in [9.17, 15) is 13.2 Å². The lowest BCUT2D eigenvalue weighted by Gasteiger charge is -2.32. The van der Waals surface area contributed by atoms with Crippen molar-refractivity contribution in [3.05, 3.63) is 29.8 Å².